The third-order valence-electron chi connectivity index (χ3n) is 6.13. The molecule has 2 heteroatoms. The van der Waals surface area contributed by atoms with Crippen molar-refractivity contribution in [1.82, 2.24) is 0 Å². The van der Waals surface area contributed by atoms with Crippen LogP contribution in [0.1, 0.15) is 78.6 Å². The van der Waals surface area contributed by atoms with Gasteiger partial charge in [-0.1, -0.05) is 96.4 Å². The third kappa shape index (κ3) is 4.91. The van der Waals surface area contributed by atoms with E-state index < -0.39 is 0 Å². The average molecular weight is 365 g/mol. The fourth-order valence-electron chi connectivity index (χ4n) is 4.48. The summed E-state index contributed by atoms with van der Waals surface area (Å²) in [5.41, 5.74) is 2.34. The van der Waals surface area contributed by atoms with Gasteiger partial charge in [0, 0.05) is 17.0 Å². The molecule has 2 aromatic carbocycles. The molecule has 27 heavy (non-hydrogen) atoms. The summed E-state index contributed by atoms with van der Waals surface area (Å²) >= 11 is 0. The van der Waals surface area contributed by atoms with Crippen LogP contribution in [0, 0.1) is 11.8 Å². The van der Waals surface area contributed by atoms with Crippen molar-refractivity contribution in [2.75, 3.05) is 5.32 Å². The summed E-state index contributed by atoms with van der Waals surface area (Å²) in [6.07, 6.45) is 12.1. The summed E-state index contributed by atoms with van der Waals surface area (Å²) in [5.74, 6) is 2.34. The number of rotatable bonds is 11. The molecule has 1 aliphatic heterocycles. The maximum atomic E-state index is 5.04. The first-order chi connectivity index (χ1) is 13.2. The van der Waals surface area contributed by atoms with Crippen LogP contribution in [-0.2, 0) is 0 Å². The predicted octanol–water partition coefficient (Wildman–Crippen LogP) is 8.10. The molecule has 2 nitrogen and oxygen atoms in total. The van der Waals surface area contributed by atoms with Crippen molar-refractivity contribution in [2.45, 2.75) is 78.6 Å². The predicted molar refractivity (Wildman–Crippen MR) is 120 cm³/mol. The quantitative estimate of drug-likeness (QED) is 0.400. The maximum Gasteiger partial charge on any atom is 0.110 e. The van der Waals surface area contributed by atoms with Gasteiger partial charge in [-0.05, 0) is 29.9 Å². The first-order valence-corrected chi connectivity index (χ1v) is 11.1. The summed E-state index contributed by atoms with van der Waals surface area (Å²) < 4.78 is 0. The lowest BCUT2D eigenvalue weighted by Crippen LogP contribution is -2.29. The second-order valence-corrected chi connectivity index (χ2v) is 8.20. The molecule has 146 valence electrons. The van der Waals surface area contributed by atoms with Crippen LogP contribution in [0.2, 0.25) is 0 Å². The maximum absolute atomic E-state index is 5.04. The van der Waals surface area contributed by atoms with E-state index in [-0.39, 0.29) is 0 Å². The molecule has 0 aliphatic carbocycles. The molecule has 1 aliphatic rings. The molecule has 3 rings (SSSR count). The van der Waals surface area contributed by atoms with Crippen LogP contribution in [0.15, 0.2) is 41.4 Å². The highest BCUT2D eigenvalue weighted by atomic mass is 15.0. The molecule has 1 N–H and O–H groups in total. The van der Waals surface area contributed by atoms with Gasteiger partial charge in [0.05, 0.1) is 5.69 Å². The van der Waals surface area contributed by atoms with E-state index in [0.717, 1.165) is 12.1 Å². The van der Waals surface area contributed by atoms with Crippen molar-refractivity contribution in [3.8, 4) is 0 Å². The number of unbranched alkanes of at least 4 members (excludes halogenated alkanes) is 6. The van der Waals surface area contributed by atoms with Crippen LogP contribution in [0.3, 0.4) is 0 Å². The van der Waals surface area contributed by atoms with E-state index in [4.69, 9.17) is 4.99 Å². The van der Waals surface area contributed by atoms with Gasteiger partial charge >= 0.3 is 0 Å². The monoisotopic (exact) mass is 364 g/mol. The van der Waals surface area contributed by atoms with E-state index in [1.165, 1.54) is 73.7 Å². The topological polar surface area (TPSA) is 24.4 Å². The number of nitrogens with zero attached hydrogens (tertiary/aromatic N) is 1. The van der Waals surface area contributed by atoms with Gasteiger partial charge in [0.25, 0.3) is 0 Å². The lowest BCUT2D eigenvalue weighted by molar-refractivity contribution is 0.393. The molecule has 0 aromatic heterocycles. The lowest BCUT2D eigenvalue weighted by atomic mass is 9.85. The average Bonchev–Trinajstić information content (AvgIpc) is 2.68. The molecule has 0 amide bonds. The molecule has 0 bridgehead atoms. The zero-order valence-corrected chi connectivity index (χ0v) is 17.4. The van der Waals surface area contributed by atoms with E-state index in [1.54, 1.807) is 0 Å². The van der Waals surface area contributed by atoms with Gasteiger partial charge in [0.1, 0.15) is 5.84 Å². The number of anilines is 1. The van der Waals surface area contributed by atoms with E-state index in [0.29, 0.717) is 11.8 Å². The van der Waals surface area contributed by atoms with E-state index in [9.17, 15) is 0 Å². The van der Waals surface area contributed by atoms with Gasteiger partial charge in [-0.2, -0.15) is 0 Å². The van der Waals surface area contributed by atoms with Gasteiger partial charge in [0.2, 0.25) is 0 Å². The number of aliphatic imine (C=N–C) groups is 1. The third-order valence-corrected chi connectivity index (χ3v) is 6.13. The molecule has 2 atom stereocenters. The second-order valence-electron chi connectivity index (χ2n) is 8.20. The van der Waals surface area contributed by atoms with Gasteiger partial charge in [-0.15, -0.1) is 0 Å². The zero-order chi connectivity index (χ0) is 19.1. The van der Waals surface area contributed by atoms with Crippen molar-refractivity contribution in [2.24, 2.45) is 16.8 Å². The van der Waals surface area contributed by atoms with Gasteiger partial charge in [-0.3, -0.25) is 0 Å². The summed E-state index contributed by atoms with van der Waals surface area (Å²) in [7, 11) is 0. The Labute approximate surface area is 165 Å². The van der Waals surface area contributed by atoms with Crippen LogP contribution < -0.4 is 5.32 Å². The SMILES string of the molecule is CCCCCCCCCC(C)C(CC)C1=Nc2cccc3cccc(c23)N1. The van der Waals surface area contributed by atoms with E-state index >= 15 is 0 Å². The van der Waals surface area contributed by atoms with Crippen molar-refractivity contribution in [3.63, 3.8) is 0 Å². The van der Waals surface area contributed by atoms with E-state index in [2.05, 4.69) is 62.5 Å². The van der Waals surface area contributed by atoms with Gasteiger partial charge in [0.15, 0.2) is 0 Å². The van der Waals surface area contributed by atoms with Gasteiger partial charge < -0.3 is 5.32 Å². The molecule has 0 radical (unpaired) electrons. The molecule has 1 heterocycles. The highest BCUT2D eigenvalue weighted by Crippen LogP contribution is 2.38. The number of nitrogens with one attached hydrogen (secondary N) is 1. The number of hydrogen-bond acceptors (Lipinski definition) is 2. The minimum Gasteiger partial charge on any atom is -0.343 e. The second kappa shape index (κ2) is 9.92. The van der Waals surface area contributed by atoms with Crippen molar-refractivity contribution < 1.29 is 0 Å². The van der Waals surface area contributed by atoms with Crippen LogP contribution in [0.25, 0.3) is 10.8 Å². The summed E-state index contributed by atoms with van der Waals surface area (Å²) in [5, 5.41) is 6.20. The molecule has 0 saturated heterocycles. The van der Waals surface area contributed by atoms with E-state index in [1.807, 2.05) is 0 Å². The smallest absolute Gasteiger partial charge is 0.110 e. The Balaban J connectivity index is 1.60. The number of amidine groups is 1. The van der Waals surface area contributed by atoms with Crippen LogP contribution in [0.4, 0.5) is 11.4 Å². The summed E-state index contributed by atoms with van der Waals surface area (Å²) in [4.78, 5) is 5.04. The van der Waals surface area contributed by atoms with Gasteiger partial charge in [-0.25, -0.2) is 4.99 Å². The number of hydrogen-bond donors (Lipinski definition) is 1. The molecule has 2 unspecified atom stereocenters. The first-order valence-electron chi connectivity index (χ1n) is 11.1. The van der Waals surface area contributed by atoms with Crippen molar-refractivity contribution in [1.29, 1.82) is 0 Å². The van der Waals surface area contributed by atoms with Crippen molar-refractivity contribution >= 4 is 28.0 Å². The molecule has 0 fully saturated rings. The Morgan fingerprint density at radius 3 is 2.33 bits per heavy atom. The van der Waals surface area contributed by atoms with Crippen molar-refractivity contribution in [3.05, 3.63) is 36.4 Å². The Bertz CT molecular complexity index is 757. The van der Waals surface area contributed by atoms with Crippen LogP contribution in [-0.4, -0.2) is 5.84 Å². The highest BCUT2D eigenvalue weighted by Gasteiger charge is 2.24. The summed E-state index contributed by atoms with van der Waals surface area (Å²) in [6.45, 7) is 7.00. The lowest BCUT2D eigenvalue weighted by Gasteiger charge is -2.28. The molecular weight excluding hydrogens is 328 g/mol. The summed E-state index contributed by atoms with van der Waals surface area (Å²) in [6, 6.07) is 12.9. The fraction of sp³-hybridized carbons (Fsp3) is 0.560. The zero-order valence-electron chi connectivity index (χ0n) is 17.4. The number of benzene rings is 2. The van der Waals surface area contributed by atoms with Crippen LogP contribution >= 0.6 is 0 Å². The minimum absolute atomic E-state index is 0.508. The molecule has 0 saturated carbocycles. The Morgan fingerprint density at radius 1 is 0.889 bits per heavy atom. The normalized spacial score (nSPS) is 15.3. The Hall–Kier alpha value is -1.83. The Morgan fingerprint density at radius 2 is 1.59 bits per heavy atom. The standard InChI is InChI=1S/C25H36N2/c1-4-6-7-8-9-10-11-14-19(3)21(5-2)25-26-22-17-12-15-20-16-13-18-23(27-25)24(20)22/h12-13,15-19,21H,4-11,14H2,1-3H3,(H,26,27). The molecular formula is C25H36N2. The fourth-order valence-corrected chi connectivity index (χ4v) is 4.48. The Kier molecular flexibility index (Phi) is 7.32. The van der Waals surface area contributed by atoms with Crippen LogP contribution in [0.5, 0.6) is 0 Å². The minimum atomic E-state index is 0.508. The largest absolute Gasteiger partial charge is 0.343 e. The molecule has 2 aromatic rings. The first kappa shape index (κ1) is 19.9. The highest BCUT2D eigenvalue weighted by molar-refractivity contribution is 6.14. The molecule has 0 spiro atoms.